The molecule has 1 unspecified atom stereocenters. The van der Waals surface area contributed by atoms with Crippen molar-refractivity contribution in [1.29, 1.82) is 0 Å². The van der Waals surface area contributed by atoms with E-state index in [1.54, 1.807) is 54.9 Å². The van der Waals surface area contributed by atoms with Gasteiger partial charge in [0.2, 0.25) is 0 Å². The van der Waals surface area contributed by atoms with Gasteiger partial charge in [0.25, 0.3) is 11.7 Å². The minimum Gasteiger partial charge on any atom is -0.507 e. The second kappa shape index (κ2) is 9.87. The Morgan fingerprint density at radius 1 is 1.06 bits per heavy atom. The number of likely N-dealkylation sites (tertiary alicyclic amines) is 1. The van der Waals surface area contributed by atoms with Crippen molar-refractivity contribution in [3.63, 3.8) is 0 Å². The fraction of sp³-hybridized carbons (Fsp3) is 0.222. The van der Waals surface area contributed by atoms with E-state index in [2.05, 4.69) is 4.98 Å². The van der Waals surface area contributed by atoms with Gasteiger partial charge >= 0.3 is 0 Å². The van der Waals surface area contributed by atoms with Crippen molar-refractivity contribution in [2.75, 3.05) is 6.61 Å². The lowest BCUT2D eigenvalue weighted by Crippen LogP contribution is -2.29. The number of halogens is 1. The lowest BCUT2D eigenvalue weighted by atomic mass is 9.94. The summed E-state index contributed by atoms with van der Waals surface area (Å²) in [6, 6.07) is 14.9. The fourth-order valence-electron chi connectivity index (χ4n) is 3.88. The van der Waals surface area contributed by atoms with Crippen LogP contribution in [0.3, 0.4) is 0 Å². The van der Waals surface area contributed by atoms with Crippen LogP contribution in [0.2, 0.25) is 0 Å². The van der Waals surface area contributed by atoms with Crippen molar-refractivity contribution in [2.45, 2.75) is 26.4 Å². The molecule has 1 saturated heterocycles. The molecule has 2 aromatic carbocycles. The first-order chi connectivity index (χ1) is 16.4. The van der Waals surface area contributed by atoms with Crippen LogP contribution in [0.15, 0.2) is 78.6 Å². The molecule has 0 aliphatic carbocycles. The highest BCUT2D eigenvalue weighted by molar-refractivity contribution is 6.46. The number of pyridine rings is 1. The predicted octanol–water partition coefficient (Wildman–Crippen LogP) is 4.88. The zero-order chi connectivity index (χ0) is 24.2. The Kier molecular flexibility index (Phi) is 6.72. The molecule has 0 saturated carbocycles. The molecule has 1 aliphatic rings. The number of ketones is 1. The van der Waals surface area contributed by atoms with E-state index < -0.39 is 23.5 Å². The summed E-state index contributed by atoms with van der Waals surface area (Å²) in [6.07, 6.45) is 3.15. The monoisotopic (exact) mass is 460 g/mol. The Morgan fingerprint density at radius 3 is 2.38 bits per heavy atom. The van der Waals surface area contributed by atoms with E-state index in [0.29, 0.717) is 23.8 Å². The SMILES string of the molecule is CC(C)COc1ccc(/C(O)=C2/C(=O)C(=O)N(Cc3ccncc3)C2c2ccccc2F)cc1. The molecule has 4 rings (SSSR count). The summed E-state index contributed by atoms with van der Waals surface area (Å²) in [7, 11) is 0. The molecule has 34 heavy (non-hydrogen) atoms. The van der Waals surface area contributed by atoms with Crippen molar-refractivity contribution in [2.24, 2.45) is 5.92 Å². The number of nitrogens with zero attached hydrogens (tertiary/aromatic N) is 2. The molecule has 7 heteroatoms. The molecule has 6 nitrogen and oxygen atoms in total. The molecule has 2 heterocycles. The molecular formula is C27H25FN2O4. The molecular weight excluding hydrogens is 435 g/mol. The van der Waals surface area contributed by atoms with Gasteiger partial charge in [0.05, 0.1) is 18.2 Å². The highest BCUT2D eigenvalue weighted by Crippen LogP contribution is 2.41. The van der Waals surface area contributed by atoms with Crippen LogP contribution < -0.4 is 4.74 Å². The lowest BCUT2D eigenvalue weighted by molar-refractivity contribution is -0.140. The minimum atomic E-state index is -1.08. The number of hydrogen-bond acceptors (Lipinski definition) is 5. The minimum absolute atomic E-state index is 0.0604. The van der Waals surface area contributed by atoms with E-state index in [-0.39, 0.29) is 23.4 Å². The zero-order valence-corrected chi connectivity index (χ0v) is 18.9. The molecule has 0 radical (unpaired) electrons. The van der Waals surface area contributed by atoms with Gasteiger partial charge in [-0.3, -0.25) is 14.6 Å². The molecule has 1 fully saturated rings. The number of rotatable bonds is 7. The second-order valence-electron chi connectivity index (χ2n) is 8.53. The van der Waals surface area contributed by atoms with Gasteiger partial charge in [-0.05, 0) is 53.9 Å². The number of aliphatic hydroxyl groups excluding tert-OH is 1. The third kappa shape index (κ3) is 4.69. The molecule has 3 aromatic rings. The summed E-state index contributed by atoms with van der Waals surface area (Å²) in [4.78, 5) is 31.4. The highest BCUT2D eigenvalue weighted by atomic mass is 19.1. The third-order valence-electron chi connectivity index (χ3n) is 5.55. The van der Waals surface area contributed by atoms with Crippen molar-refractivity contribution < 1.29 is 23.8 Å². The normalized spacial score (nSPS) is 17.4. The summed E-state index contributed by atoms with van der Waals surface area (Å²) in [5.41, 5.74) is 1.04. The molecule has 1 atom stereocenters. The maximum Gasteiger partial charge on any atom is 0.295 e. The van der Waals surface area contributed by atoms with Gasteiger partial charge < -0.3 is 14.7 Å². The van der Waals surface area contributed by atoms with Gasteiger partial charge in [0.1, 0.15) is 17.3 Å². The van der Waals surface area contributed by atoms with E-state index in [0.717, 1.165) is 5.56 Å². The highest BCUT2D eigenvalue weighted by Gasteiger charge is 2.46. The quantitative estimate of drug-likeness (QED) is 0.309. The molecule has 0 spiro atoms. The molecule has 1 aliphatic heterocycles. The van der Waals surface area contributed by atoms with Crippen molar-refractivity contribution in [3.8, 4) is 5.75 Å². The Morgan fingerprint density at radius 2 is 1.74 bits per heavy atom. The van der Waals surface area contributed by atoms with Crippen LogP contribution in [0.4, 0.5) is 4.39 Å². The first-order valence-corrected chi connectivity index (χ1v) is 11.0. The van der Waals surface area contributed by atoms with Gasteiger partial charge in [-0.2, -0.15) is 0 Å². The van der Waals surface area contributed by atoms with Gasteiger partial charge in [-0.15, -0.1) is 0 Å². The van der Waals surface area contributed by atoms with Crippen LogP contribution in [-0.4, -0.2) is 33.3 Å². The summed E-state index contributed by atoms with van der Waals surface area (Å²) < 4.78 is 20.5. The van der Waals surface area contributed by atoms with E-state index in [1.807, 2.05) is 13.8 Å². The van der Waals surface area contributed by atoms with Crippen LogP contribution >= 0.6 is 0 Å². The second-order valence-corrected chi connectivity index (χ2v) is 8.53. The van der Waals surface area contributed by atoms with Gasteiger partial charge in [0, 0.05) is 30.1 Å². The van der Waals surface area contributed by atoms with Crippen LogP contribution in [0.25, 0.3) is 5.76 Å². The summed E-state index contributed by atoms with van der Waals surface area (Å²) in [6.45, 7) is 4.67. The fourth-order valence-corrected chi connectivity index (χ4v) is 3.88. The number of carbonyl (C=O) groups excluding carboxylic acids is 2. The molecule has 0 bridgehead atoms. The van der Waals surface area contributed by atoms with Gasteiger partial charge in [0.15, 0.2) is 0 Å². The Hall–Kier alpha value is -4.00. The molecule has 1 amide bonds. The zero-order valence-electron chi connectivity index (χ0n) is 18.9. The Bertz CT molecular complexity index is 1220. The summed E-state index contributed by atoms with van der Waals surface area (Å²) >= 11 is 0. The van der Waals surface area contributed by atoms with Crippen molar-refractivity contribution >= 4 is 17.4 Å². The smallest absolute Gasteiger partial charge is 0.295 e. The number of aromatic nitrogens is 1. The molecule has 1 N–H and O–H groups in total. The van der Waals surface area contributed by atoms with E-state index >= 15 is 0 Å². The maximum absolute atomic E-state index is 14.9. The number of ether oxygens (including phenoxy) is 1. The summed E-state index contributed by atoms with van der Waals surface area (Å²) in [5.74, 6) is -1.63. The molecule has 1 aromatic heterocycles. The number of hydrogen-bond donors (Lipinski definition) is 1. The number of benzene rings is 2. The van der Waals surface area contributed by atoms with Crippen LogP contribution in [0, 0.1) is 11.7 Å². The first-order valence-electron chi connectivity index (χ1n) is 11.0. The number of aliphatic hydroxyl groups is 1. The maximum atomic E-state index is 14.9. The van der Waals surface area contributed by atoms with Crippen molar-refractivity contribution in [3.05, 3.63) is 101 Å². The standard InChI is InChI=1S/C27H25FN2O4/c1-17(2)16-34-20-9-7-19(8-10-20)25(31)23-24(21-5-3-4-6-22(21)28)30(27(33)26(23)32)15-18-11-13-29-14-12-18/h3-14,17,24,31H,15-16H2,1-2H3/b25-23-. The van der Waals surface area contributed by atoms with Gasteiger partial charge in [-0.1, -0.05) is 32.0 Å². The molecule has 174 valence electrons. The number of Topliss-reactive ketones (excluding diaryl/α,β-unsaturated/α-hetero) is 1. The third-order valence-corrected chi connectivity index (χ3v) is 5.55. The van der Waals surface area contributed by atoms with Crippen LogP contribution in [0.1, 0.15) is 36.6 Å². The number of carbonyl (C=O) groups is 2. The Labute approximate surface area is 197 Å². The predicted molar refractivity (Wildman–Crippen MR) is 125 cm³/mol. The van der Waals surface area contributed by atoms with Crippen molar-refractivity contribution in [1.82, 2.24) is 9.88 Å². The Balaban J connectivity index is 1.77. The summed E-state index contributed by atoms with van der Waals surface area (Å²) in [5, 5.41) is 11.1. The van der Waals surface area contributed by atoms with Crippen LogP contribution in [0.5, 0.6) is 5.75 Å². The average molecular weight is 461 g/mol. The topological polar surface area (TPSA) is 79.7 Å². The number of amides is 1. The van der Waals surface area contributed by atoms with E-state index in [1.165, 1.54) is 23.1 Å². The first kappa shape index (κ1) is 23.2. The van der Waals surface area contributed by atoms with E-state index in [9.17, 15) is 19.1 Å². The largest absolute Gasteiger partial charge is 0.507 e. The average Bonchev–Trinajstić information content (AvgIpc) is 3.08. The van der Waals surface area contributed by atoms with Gasteiger partial charge in [-0.25, -0.2) is 4.39 Å². The van der Waals surface area contributed by atoms with E-state index in [4.69, 9.17) is 4.74 Å². The van der Waals surface area contributed by atoms with Crippen LogP contribution in [-0.2, 0) is 16.1 Å². The lowest BCUT2D eigenvalue weighted by Gasteiger charge is -2.25.